The molecule has 3 unspecified atom stereocenters. The van der Waals surface area contributed by atoms with Crippen LogP contribution >= 0.6 is 24.0 Å². The summed E-state index contributed by atoms with van der Waals surface area (Å²) in [5.41, 5.74) is 0. The molecule has 130 valence electrons. The van der Waals surface area contributed by atoms with Crippen molar-refractivity contribution in [3.05, 3.63) is 0 Å². The molecule has 5 heteroatoms. The molecule has 2 aliphatic rings. The van der Waals surface area contributed by atoms with E-state index in [9.17, 15) is 0 Å². The first-order valence-corrected chi connectivity index (χ1v) is 8.80. The van der Waals surface area contributed by atoms with Gasteiger partial charge in [0, 0.05) is 33.2 Å². The molecule has 2 rings (SSSR count). The fourth-order valence-corrected chi connectivity index (χ4v) is 4.01. The van der Waals surface area contributed by atoms with Gasteiger partial charge in [-0.05, 0) is 50.1 Å². The molecule has 3 atom stereocenters. The van der Waals surface area contributed by atoms with Gasteiger partial charge in [0.15, 0.2) is 5.96 Å². The van der Waals surface area contributed by atoms with Crippen LogP contribution in [-0.2, 0) is 0 Å². The number of piperidine rings is 2. The van der Waals surface area contributed by atoms with E-state index in [2.05, 4.69) is 40.9 Å². The van der Waals surface area contributed by atoms with Gasteiger partial charge in [0.05, 0.1) is 0 Å². The minimum atomic E-state index is 0. The lowest BCUT2D eigenvalue weighted by Crippen LogP contribution is -2.50. The third kappa shape index (κ3) is 5.87. The van der Waals surface area contributed by atoms with Crippen molar-refractivity contribution in [3.8, 4) is 0 Å². The average molecular weight is 422 g/mol. The van der Waals surface area contributed by atoms with Crippen molar-refractivity contribution in [1.29, 1.82) is 0 Å². The van der Waals surface area contributed by atoms with Gasteiger partial charge >= 0.3 is 0 Å². The Morgan fingerprint density at radius 1 is 1.18 bits per heavy atom. The van der Waals surface area contributed by atoms with Gasteiger partial charge in [0.25, 0.3) is 0 Å². The van der Waals surface area contributed by atoms with Crippen LogP contribution in [0.15, 0.2) is 4.99 Å². The highest BCUT2D eigenvalue weighted by Gasteiger charge is 2.25. The van der Waals surface area contributed by atoms with Crippen LogP contribution in [-0.4, -0.2) is 62.1 Å². The SMILES string of the molecule is CCN1CCCC(CNC(=NC)N2CC(C)CC(C)C2)C1.I. The minimum Gasteiger partial charge on any atom is -0.356 e. The first-order chi connectivity index (χ1) is 10.1. The summed E-state index contributed by atoms with van der Waals surface area (Å²) in [7, 11) is 1.92. The van der Waals surface area contributed by atoms with Crippen molar-refractivity contribution in [2.75, 3.05) is 46.3 Å². The highest BCUT2D eigenvalue weighted by atomic mass is 127. The number of likely N-dealkylation sites (tertiary alicyclic amines) is 2. The zero-order valence-corrected chi connectivity index (χ0v) is 17.2. The van der Waals surface area contributed by atoms with Gasteiger partial charge in [-0.1, -0.05) is 20.8 Å². The summed E-state index contributed by atoms with van der Waals surface area (Å²) < 4.78 is 0. The van der Waals surface area contributed by atoms with Crippen LogP contribution < -0.4 is 5.32 Å². The Balaban J connectivity index is 0.00000242. The van der Waals surface area contributed by atoms with Gasteiger partial charge in [-0.25, -0.2) is 0 Å². The predicted octanol–water partition coefficient (Wildman–Crippen LogP) is 2.89. The maximum Gasteiger partial charge on any atom is 0.193 e. The smallest absolute Gasteiger partial charge is 0.193 e. The summed E-state index contributed by atoms with van der Waals surface area (Å²) in [5, 5.41) is 3.64. The molecule has 0 aromatic carbocycles. The van der Waals surface area contributed by atoms with Crippen LogP contribution in [0.3, 0.4) is 0 Å². The van der Waals surface area contributed by atoms with Crippen LogP contribution in [0.2, 0.25) is 0 Å². The van der Waals surface area contributed by atoms with Gasteiger partial charge in [-0.3, -0.25) is 4.99 Å². The summed E-state index contributed by atoms with van der Waals surface area (Å²) in [6.45, 7) is 14.1. The number of hydrogen-bond acceptors (Lipinski definition) is 2. The molecule has 0 bridgehead atoms. The molecule has 2 aliphatic heterocycles. The first-order valence-electron chi connectivity index (χ1n) is 8.80. The number of rotatable bonds is 3. The topological polar surface area (TPSA) is 30.9 Å². The molecular formula is C17H35IN4. The van der Waals surface area contributed by atoms with Gasteiger partial charge in [-0.2, -0.15) is 0 Å². The molecule has 0 spiro atoms. The maximum atomic E-state index is 4.52. The van der Waals surface area contributed by atoms with E-state index in [1.807, 2.05) is 7.05 Å². The highest BCUT2D eigenvalue weighted by Crippen LogP contribution is 2.21. The molecule has 0 aromatic rings. The molecule has 0 aliphatic carbocycles. The summed E-state index contributed by atoms with van der Waals surface area (Å²) in [6, 6.07) is 0. The molecule has 2 heterocycles. The van der Waals surface area contributed by atoms with E-state index in [-0.39, 0.29) is 24.0 Å². The second-order valence-electron chi connectivity index (χ2n) is 7.18. The van der Waals surface area contributed by atoms with E-state index in [1.165, 1.54) is 38.9 Å². The molecule has 4 nitrogen and oxygen atoms in total. The number of hydrogen-bond donors (Lipinski definition) is 1. The molecule has 0 aromatic heterocycles. The Labute approximate surface area is 154 Å². The van der Waals surface area contributed by atoms with Crippen LogP contribution in [0.1, 0.15) is 40.0 Å². The van der Waals surface area contributed by atoms with Crippen molar-refractivity contribution < 1.29 is 0 Å². The third-order valence-electron chi connectivity index (χ3n) is 4.98. The number of nitrogens with zero attached hydrogens (tertiary/aromatic N) is 3. The van der Waals surface area contributed by atoms with Gasteiger partial charge in [0.2, 0.25) is 0 Å². The lowest BCUT2D eigenvalue weighted by Gasteiger charge is -2.38. The molecule has 2 fully saturated rings. The Kier molecular flexibility index (Phi) is 9.05. The second kappa shape index (κ2) is 9.96. The van der Waals surface area contributed by atoms with Crippen molar-refractivity contribution in [2.45, 2.75) is 40.0 Å². The zero-order valence-electron chi connectivity index (χ0n) is 14.8. The molecular weight excluding hydrogens is 387 g/mol. The second-order valence-corrected chi connectivity index (χ2v) is 7.18. The fourth-order valence-electron chi connectivity index (χ4n) is 4.01. The van der Waals surface area contributed by atoms with Crippen LogP contribution in [0.4, 0.5) is 0 Å². The lowest BCUT2D eigenvalue weighted by atomic mass is 9.92. The average Bonchev–Trinajstić information content (AvgIpc) is 2.47. The van der Waals surface area contributed by atoms with Crippen molar-refractivity contribution in [2.24, 2.45) is 22.7 Å². The number of nitrogens with one attached hydrogen (secondary N) is 1. The largest absolute Gasteiger partial charge is 0.356 e. The fraction of sp³-hybridized carbons (Fsp3) is 0.941. The lowest BCUT2D eigenvalue weighted by molar-refractivity contribution is 0.179. The monoisotopic (exact) mass is 422 g/mol. The van der Waals surface area contributed by atoms with Gasteiger partial charge in [0.1, 0.15) is 0 Å². The number of aliphatic imine (C=N–C) groups is 1. The molecule has 1 N–H and O–H groups in total. The summed E-state index contributed by atoms with van der Waals surface area (Å²) in [5.74, 6) is 3.44. The Hall–Kier alpha value is -0.0400. The molecule has 0 saturated carbocycles. The summed E-state index contributed by atoms with van der Waals surface area (Å²) in [4.78, 5) is 9.55. The van der Waals surface area contributed by atoms with E-state index in [1.54, 1.807) is 0 Å². The van der Waals surface area contributed by atoms with E-state index in [4.69, 9.17) is 0 Å². The van der Waals surface area contributed by atoms with E-state index in [0.717, 1.165) is 43.3 Å². The minimum absolute atomic E-state index is 0. The van der Waals surface area contributed by atoms with Crippen LogP contribution in [0, 0.1) is 17.8 Å². The zero-order chi connectivity index (χ0) is 15.2. The van der Waals surface area contributed by atoms with Crippen molar-refractivity contribution >= 4 is 29.9 Å². The predicted molar refractivity (Wildman–Crippen MR) is 106 cm³/mol. The first kappa shape index (κ1) is 20.0. The van der Waals surface area contributed by atoms with Gasteiger partial charge < -0.3 is 15.1 Å². The maximum absolute atomic E-state index is 4.52. The third-order valence-corrected chi connectivity index (χ3v) is 4.98. The van der Waals surface area contributed by atoms with E-state index < -0.39 is 0 Å². The van der Waals surface area contributed by atoms with Crippen LogP contribution in [0.25, 0.3) is 0 Å². The van der Waals surface area contributed by atoms with Crippen LogP contribution in [0.5, 0.6) is 0 Å². The molecule has 22 heavy (non-hydrogen) atoms. The van der Waals surface area contributed by atoms with E-state index in [0.29, 0.717) is 0 Å². The Morgan fingerprint density at radius 3 is 2.45 bits per heavy atom. The quantitative estimate of drug-likeness (QED) is 0.431. The standard InChI is InChI=1S/C17H34N4.HI/c1-5-20-8-6-7-16(13-20)10-19-17(18-4)21-11-14(2)9-15(3)12-21;/h14-16H,5-13H2,1-4H3,(H,18,19);1H. The molecule has 0 amide bonds. The Morgan fingerprint density at radius 2 is 1.86 bits per heavy atom. The summed E-state index contributed by atoms with van der Waals surface area (Å²) in [6.07, 6.45) is 4.05. The highest BCUT2D eigenvalue weighted by molar-refractivity contribution is 14.0. The van der Waals surface area contributed by atoms with Gasteiger partial charge in [-0.15, -0.1) is 24.0 Å². The Bertz CT molecular complexity index is 338. The van der Waals surface area contributed by atoms with E-state index >= 15 is 0 Å². The summed E-state index contributed by atoms with van der Waals surface area (Å²) >= 11 is 0. The number of guanidine groups is 1. The normalized spacial score (nSPS) is 30.8. The molecule has 0 radical (unpaired) electrons. The molecule has 2 saturated heterocycles. The van der Waals surface area contributed by atoms with Crippen molar-refractivity contribution in [1.82, 2.24) is 15.1 Å². The number of halogens is 1. The van der Waals surface area contributed by atoms with Crippen molar-refractivity contribution in [3.63, 3.8) is 0 Å².